The molecule has 4 nitrogen and oxygen atoms in total. The van der Waals surface area contributed by atoms with Gasteiger partial charge in [-0.25, -0.2) is 9.29 Å². The number of nitrogens with zero attached hydrogens (tertiary/aromatic N) is 1. The second kappa shape index (κ2) is 6.18. The second-order valence-corrected chi connectivity index (χ2v) is 5.91. The molecule has 1 fully saturated rings. The molecule has 0 bridgehead atoms. The molecule has 0 spiro atoms. The summed E-state index contributed by atoms with van der Waals surface area (Å²) in [6.45, 7) is 0. The minimum Gasteiger partial charge on any atom is -0.373 e. The molecule has 7 heteroatoms. The lowest BCUT2D eigenvalue weighted by Crippen LogP contribution is -2.35. The van der Waals surface area contributed by atoms with Crippen molar-refractivity contribution in [3.05, 3.63) is 58.3 Å². The zero-order valence-corrected chi connectivity index (χ0v) is 13.2. The molecule has 1 aliphatic rings. The number of rotatable bonds is 3. The van der Waals surface area contributed by atoms with Gasteiger partial charge < -0.3 is 5.32 Å². The van der Waals surface area contributed by atoms with Crippen LogP contribution in [0, 0.1) is 5.82 Å². The molecule has 2 aromatic carbocycles. The SMILES string of the molecule is O=C1C[C@H](Nc2ccc(F)cc2)C(=O)N1c1ccc(Cl)cc1Cl. The maximum atomic E-state index is 12.9. The van der Waals surface area contributed by atoms with Crippen LogP contribution in [0.25, 0.3) is 0 Å². The Morgan fingerprint density at radius 2 is 1.78 bits per heavy atom. The highest BCUT2D eigenvalue weighted by atomic mass is 35.5. The van der Waals surface area contributed by atoms with Crippen molar-refractivity contribution in [2.75, 3.05) is 10.2 Å². The van der Waals surface area contributed by atoms with Crippen LogP contribution in [-0.2, 0) is 9.59 Å². The first-order valence-corrected chi connectivity index (χ1v) is 7.55. The Hall–Kier alpha value is -2.11. The van der Waals surface area contributed by atoms with E-state index in [4.69, 9.17) is 23.2 Å². The van der Waals surface area contributed by atoms with Crippen LogP contribution in [0.1, 0.15) is 6.42 Å². The van der Waals surface area contributed by atoms with Gasteiger partial charge in [0.05, 0.1) is 17.1 Å². The first-order valence-electron chi connectivity index (χ1n) is 6.79. The Labute approximate surface area is 141 Å². The van der Waals surface area contributed by atoms with Gasteiger partial charge in [0.1, 0.15) is 11.9 Å². The molecule has 1 heterocycles. The summed E-state index contributed by atoms with van der Waals surface area (Å²) in [4.78, 5) is 25.7. The summed E-state index contributed by atoms with van der Waals surface area (Å²) >= 11 is 11.9. The van der Waals surface area contributed by atoms with Gasteiger partial charge in [-0.05, 0) is 42.5 Å². The van der Waals surface area contributed by atoms with E-state index in [0.29, 0.717) is 16.4 Å². The summed E-state index contributed by atoms with van der Waals surface area (Å²) in [6.07, 6.45) is -0.00480. The average molecular weight is 353 g/mol. The van der Waals surface area contributed by atoms with Crippen LogP contribution in [0.15, 0.2) is 42.5 Å². The van der Waals surface area contributed by atoms with Gasteiger partial charge in [-0.1, -0.05) is 23.2 Å². The standard InChI is InChI=1S/C16H11Cl2FN2O2/c17-9-1-6-14(12(18)7-9)21-15(22)8-13(16(21)23)20-11-4-2-10(19)3-5-11/h1-7,13,20H,8H2/t13-/m0/s1. The smallest absolute Gasteiger partial charge is 0.256 e. The third kappa shape index (κ3) is 3.16. The molecule has 1 aliphatic heterocycles. The molecule has 2 aromatic rings. The fourth-order valence-electron chi connectivity index (χ4n) is 2.41. The van der Waals surface area contributed by atoms with Gasteiger partial charge in [-0.15, -0.1) is 0 Å². The molecule has 0 aliphatic carbocycles. The highest BCUT2D eigenvalue weighted by Crippen LogP contribution is 2.32. The fraction of sp³-hybridized carbons (Fsp3) is 0.125. The molecule has 3 rings (SSSR count). The predicted octanol–water partition coefficient (Wildman–Crippen LogP) is 3.88. The molecule has 0 aromatic heterocycles. The molecule has 0 radical (unpaired) electrons. The molecular formula is C16H11Cl2FN2O2. The molecule has 2 amide bonds. The van der Waals surface area contributed by atoms with Crippen molar-refractivity contribution >= 4 is 46.4 Å². The molecule has 1 atom stereocenters. The van der Waals surface area contributed by atoms with E-state index in [9.17, 15) is 14.0 Å². The van der Waals surface area contributed by atoms with Crippen molar-refractivity contribution in [1.82, 2.24) is 0 Å². The van der Waals surface area contributed by atoms with Crippen molar-refractivity contribution in [3.63, 3.8) is 0 Å². The largest absolute Gasteiger partial charge is 0.373 e. The predicted molar refractivity (Wildman–Crippen MR) is 87.4 cm³/mol. The lowest BCUT2D eigenvalue weighted by Gasteiger charge is -2.17. The average Bonchev–Trinajstić information content (AvgIpc) is 2.77. The summed E-state index contributed by atoms with van der Waals surface area (Å²) in [5.74, 6) is -1.15. The minimum absolute atomic E-state index is 0.00480. The number of imide groups is 1. The minimum atomic E-state index is -0.722. The number of carbonyl (C=O) groups is 2. The summed E-state index contributed by atoms with van der Waals surface area (Å²) in [7, 11) is 0. The Kier molecular flexibility index (Phi) is 4.24. The number of amides is 2. The fourth-order valence-corrected chi connectivity index (χ4v) is 2.90. The number of hydrogen-bond donors (Lipinski definition) is 1. The Balaban J connectivity index is 1.83. The molecular weight excluding hydrogens is 342 g/mol. The molecule has 1 saturated heterocycles. The third-order valence-corrected chi connectivity index (χ3v) is 4.02. The van der Waals surface area contributed by atoms with Crippen molar-refractivity contribution in [1.29, 1.82) is 0 Å². The van der Waals surface area contributed by atoms with E-state index in [0.717, 1.165) is 4.90 Å². The van der Waals surface area contributed by atoms with Gasteiger partial charge >= 0.3 is 0 Å². The molecule has 0 unspecified atom stereocenters. The lowest BCUT2D eigenvalue weighted by molar-refractivity contribution is -0.121. The first-order chi connectivity index (χ1) is 11.0. The van der Waals surface area contributed by atoms with E-state index in [2.05, 4.69) is 5.32 Å². The van der Waals surface area contributed by atoms with Gasteiger partial charge in [0, 0.05) is 10.7 Å². The molecule has 118 valence electrons. The summed E-state index contributed by atoms with van der Waals surface area (Å²) < 4.78 is 12.9. The van der Waals surface area contributed by atoms with Crippen LogP contribution in [-0.4, -0.2) is 17.9 Å². The summed E-state index contributed by atoms with van der Waals surface area (Å²) in [5.41, 5.74) is 0.857. The Morgan fingerprint density at radius 3 is 2.43 bits per heavy atom. The number of nitrogens with one attached hydrogen (secondary N) is 1. The van der Waals surface area contributed by atoms with Gasteiger partial charge in [0.15, 0.2) is 0 Å². The van der Waals surface area contributed by atoms with E-state index in [1.165, 1.54) is 36.4 Å². The van der Waals surface area contributed by atoms with Crippen molar-refractivity contribution in [3.8, 4) is 0 Å². The third-order valence-electron chi connectivity index (χ3n) is 3.48. The van der Waals surface area contributed by atoms with Gasteiger partial charge in [0.25, 0.3) is 5.91 Å². The number of anilines is 2. The maximum Gasteiger partial charge on any atom is 0.256 e. The zero-order chi connectivity index (χ0) is 16.6. The monoisotopic (exact) mass is 352 g/mol. The van der Waals surface area contributed by atoms with E-state index >= 15 is 0 Å². The lowest BCUT2D eigenvalue weighted by atomic mass is 10.2. The van der Waals surface area contributed by atoms with E-state index in [1.807, 2.05) is 0 Å². The van der Waals surface area contributed by atoms with Crippen molar-refractivity contribution in [2.24, 2.45) is 0 Å². The number of benzene rings is 2. The maximum absolute atomic E-state index is 12.9. The number of carbonyl (C=O) groups excluding carboxylic acids is 2. The zero-order valence-electron chi connectivity index (χ0n) is 11.7. The van der Waals surface area contributed by atoms with E-state index in [1.54, 1.807) is 6.07 Å². The van der Waals surface area contributed by atoms with Gasteiger partial charge in [-0.2, -0.15) is 0 Å². The highest BCUT2D eigenvalue weighted by Gasteiger charge is 2.40. The molecule has 23 heavy (non-hydrogen) atoms. The van der Waals surface area contributed by atoms with Crippen LogP contribution in [0.2, 0.25) is 10.0 Å². The van der Waals surface area contributed by atoms with Crippen molar-refractivity contribution in [2.45, 2.75) is 12.5 Å². The molecule has 0 saturated carbocycles. The Bertz CT molecular complexity index is 780. The van der Waals surface area contributed by atoms with Gasteiger partial charge in [0.2, 0.25) is 5.91 Å². The molecule has 1 N–H and O–H groups in total. The van der Waals surface area contributed by atoms with Gasteiger partial charge in [-0.3, -0.25) is 9.59 Å². The number of halogens is 3. The van der Waals surface area contributed by atoms with Crippen molar-refractivity contribution < 1.29 is 14.0 Å². The summed E-state index contributed by atoms with van der Waals surface area (Å²) in [5, 5.41) is 3.57. The Morgan fingerprint density at radius 1 is 1.09 bits per heavy atom. The van der Waals surface area contributed by atoms with Crippen LogP contribution in [0.3, 0.4) is 0 Å². The van der Waals surface area contributed by atoms with Crippen LogP contribution in [0.4, 0.5) is 15.8 Å². The van der Waals surface area contributed by atoms with Crippen LogP contribution >= 0.6 is 23.2 Å². The van der Waals surface area contributed by atoms with Crippen LogP contribution < -0.4 is 10.2 Å². The first kappa shape index (κ1) is 15.8. The topological polar surface area (TPSA) is 49.4 Å². The van der Waals surface area contributed by atoms with E-state index < -0.39 is 11.9 Å². The van der Waals surface area contributed by atoms with E-state index in [-0.39, 0.29) is 23.2 Å². The quantitative estimate of drug-likeness (QED) is 0.852. The second-order valence-electron chi connectivity index (χ2n) is 5.07. The van der Waals surface area contributed by atoms with Crippen LogP contribution in [0.5, 0.6) is 0 Å². The summed E-state index contributed by atoms with van der Waals surface area (Å²) in [6, 6.07) is 9.40. The normalized spacial score (nSPS) is 17.7. The highest BCUT2D eigenvalue weighted by molar-refractivity contribution is 6.38. The number of hydrogen-bond acceptors (Lipinski definition) is 3.